The van der Waals surface area contributed by atoms with Gasteiger partial charge in [-0.1, -0.05) is 18.2 Å². The van der Waals surface area contributed by atoms with Crippen molar-refractivity contribution >= 4 is 0 Å². The van der Waals surface area contributed by atoms with Crippen LogP contribution in [0, 0.1) is 5.92 Å². The van der Waals surface area contributed by atoms with E-state index in [0.29, 0.717) is 24.1 Å². The molecule has 3 heterocycles. The van der Waals surface area contributed by atoms with Crippen molar-refractivity contribution in [1.82, 2.24) is 10.2 Å². The second-order valence-electron chi connectivity index (χ2n) is 5.78. The van der Waals surface area contributed by atoms with Crippen LogP contribution in [0.4, 0.5) is 13.2 Å². The Bertz CT molecular complexity index is 464. The molecule has 2 nitrogen and oxygen atoms in total. The highest BCUT2D eigenvalue weighted by atomic mass is 19.4. The average Bonchev–Trinajstić information content (AvgIpc) is 2.46. The van der Waals surface area contributed by atoms with Gasteiger partial charge in [0, 0.05) is 19.1 Å². The molecular formula is C15H19F3N2. The first-order valence-electron chi connectivity index (χ1n) is 7.15. The number of hydrogen-bond acceptors (Lipinski definition) is 2. The van der Waals surface area contributed by atoms with Gasteiger partial charge in [-0.3, -0.25) is 0 Å². The fourth-order valence-electron chi connectivity index (χ4n) is 3.39. The molecule has 3 aliphatic rings. The van der Waals surface area contributed by atoms with Crippen molar-refractivity contribution in [2.24, 2.45) is 5.92 Å². The molecule has 0 aromatic heterocycles. The van der Waals surface area contributed by atoms with E-state index in [1.165, 1.54) is 18.9 Å². The summed E-state index contributed by atoms with van der Waals surface area (Å²) in [6, 6.07) is 6.17. The normalized spacial score (nSPS) is 29.6. The third-order valence-electron chi connectivity index (χ3n) is 4.53. The van der Waals surface area contributed by atoms with Gasteiger partial charge >= 0.3 is 6.18 Å². The van der Waals surface area contributed by atoms with E-state index in [4.69, 9.17) is 0 Å². The molecule has 3 aliphatic heterocycles. The molecule has 2 bridgehead atoms. The molecule has 0 saturated carbocycles. The molecule has 4 rings (SSSR count). The van der Waals surface area contributed by atoms with Gasteiger partial charge in [0.1, 0.15) is 0 Å². The van der Waals surface area contributed by atoms with Crippen molar-refractivity contribution in [3.05, 3.63) is 35.4 Å². The lowest BCUT2D eigenvalue weighted by Crippen LogP contribution is -2.55. The summed E-state index contributed by atoms with van der Waals surface area (Å²) in [5.74, 6) is 0.623. The van der Waals surface area contributed by atoms with E-state index in [0.717, 1.165) is 25.7 Å². The lowest BCUT2D eigenvalue weighted by atomic mass is 9.84. The third-order valence-corrected chi connectivity index (χ3v) is 4.53. The zero-order valence-corrected chi connectivity index (χ0v) is 11.3. The summed E-state index contributed by atoms with van der Waals surface area (Å²) >= 11 is 0. The quantitative estimate of drug-likeness (QED) is 0.918. The molecule has 1 N–H and O–H groups in total. The van der Waals surface area contributed by atoms with Gasteiger partial charge in [0.2, 0.25) is 0 Å². The van der Waals surface area contributed by atoms with Gasteiger partial charge in [-0.2, -0.15) is 13.2 Å². The van der Waals surface area contributed by atoms with Gasteiger partial charge in [-0.15, -0.1) is 0 Å². The average molecular weight is 284 g/mol. The Morgan fingerprint density at radius 1 is 1.15 bits per heavy atom. The summed E-state index contributed by atoms with van der Waals surface area (Å²) in [5.41, 5.74) is -0.176. The van der Waals surface area contributed by atoms with E-state index < -0.39 is 11.7 Å². The number of rotatable bonds is 3. The van der Waals surface area contributed by atoms with Crippen LogP contribution in [0.3, 0.4) is 0 Å². The van der Waals surface area contributed by atoms with Gasteiger partial charge < -0.3 is 10.2 Å². The van der Waals surface area contributed by atoms with Crippen LogP contribution in [0.5, 0.6) is 0 Å². The number of fused-ring (bicyclic) bond motifs is 3. The maximum atomic E-state index is 12.9. The van der Waals surface area contributed by atoms with Crippen molar-refractivity contribution < 1.29 is 13.2 Å². The zero-order chi connectivity index (χ0) is 14.2. The van der Waals surface area contributed by atoms with Crippen LogP contribution in [-0.4, -0.2) is 30.6 Å². The molecule has 0 aliphatic carbocycles. The molecule has 1 aromatic carbocycles. The minimum absolute atomic E-state index is 0.296. The zero-order valence-electron chi connectivity index (χ0n) is 11.3. The molecule has 3 saturated heterocycles. The molecule has 0 radical (unpaired) electrons. The minimum Gasteiger partial charge on any atom is -0.308 e. The Morgan fingerprint density at radius 3 is 2.45 bits per heavy atom. The van der Waals surface area contributed by atoms with Crippen LogP contribution in [0.15, 0.2) is 24.3 Å². The summed E-state index contributed by atoms with van der Waals surface area (Å²) in [5, 5.41) is 3.34. The van der Waals surface area contributed by atoms with Crippen LogP contribution in [0.1, 0.15) is 24.0 Å². The van der Waals surface area contributed by atoms with E-state index in [1.807, 2.05) is 0 Å². The fourth-order valence-corrected chi connectivity index (χ4v) is 3.39. The van der Waals surface area contributed by atoms with E-state index in [2.05, 4.69) is 10.2 Å². The molecule has 3 fully saturated rings. The third kappa shape index (κ3) is 2.83. The Morgan fingerprint density at radius 2 is 1.85 bits per heavy atom. The van der Waals surface area contributed by atoms with E-state index in [9.17, 15) is 13.2 Å². The Hall–Kier alpha value is -1.07. The monoisotopic (exact) mass is 284 g/mol. The number of piperidine rings is 3. The lowest BCUT2D eigenvalue weighted by Gasteiger charge is -2.45. The standard InChI is InChI=1S/C15H19F3N2/c16-15(17,18)13-4-2-1-3-12(13)9-19-14-10-20-7-5-11(14)6-8-20/h1-4,11,14,19H,5-10H2/t14-/m1/s1. The van der Waals surface area contributed by atoms with E-state index in [-0.39, 0.29) is 0 Å². The second kappa shape index (κ2) is 5.37. The molecular weight excluding hydrogens is 265 g/mol. The van der Waals surface area contributed by atoms with Crippen LogP contribution < -0.4 is 5.32 Å². The van der Waals surface area contributed by atoms with Crippen LogP contribution in [0.2, 0.25) is 0 Å². The van der Waals surface area contributed by atoms with Crippen molar-refractivity contribution in [3.8, 4) is 0 Å². The Balaban J connectivity index is 1.67. The summed E-state index contributed by atoms with van der Waals surface area (Å²) < 4.78 is 38.8. The fraction of sp³-hybridized carbons (Fsp3) is 0.600. The van der Waals surface area contributed by atoms with E-state index >= 15 is 0 Å². The summed E-state index contributed by atoms with van der Waals surface area (Å²) in [6.45, 7) is 3.55. The van der Waals surface area contributed by atoms with Crippen molar-refractivity contribution in [2.45, 2.75) is 31.6 Å². The number of nitrogens with one attached hydrogen (secondary N) is 1. The van der Waals surface area contributed by atoms with E-state index in [1.54, 1.807) is 12.1 Å². The lowest BCUT2D eigenvalue weighted by molar-refractivity contribution is -0.138. The molecule has 5 heteroatoms. The summed E-state index contributed by atoms with van der Waals surface area (Å²) in [6.07, 6.45) is -1.94. The van der Waals surface area contributed by atoms with Gasteiger partial charge in [0.15, 0.2) is 0 Å². The highest BCUT2D eigenvalue weighted by molar-refractivity contribution is 5.29. The molecule has 1 aromatic rings. The highest BCUT2D eigenvalue weighted by Crippen LogP contribution is 2.32. The second-order valence-corrected chi connectivity index (χ2v) is 5.78. The van der Waals surface area contributed by atoms with Gasteiger partial charge in [-0.25, -0.2) is 0 Å². The predicted octanol–water partition coefficient (Wildman–Crippen LogP) is 2.89. The first-order valence-corrected chi connectivity index (χ1v) is 7.15. The smallest absolute Gasteiger partial charge is 0.308 e. The van der Waals surface area contributed by atoms with Crippen LogP contribution >= 0.6 is 0 Å². The first-order chi connectivity index (χ1) is 9.54. The van der Waals surface area contributed by atoms with Crippen molar-refractivity contribution in [3.63, 3.8) is 0 Å². The molecule has 20 heavy (non-hydrogen) atoms. The predicted molar refractivity (Wildman–Crippen MR) is 71.2 cm³/mol. The molecule has 1 atom stereocenters. The van der Waals surface area contributed by atoms with Crippen LogP contribution in [-0.2, 0) is 12.7 Å². The molecule has 0 amide bonds. The number of halogens is 3. The first kappa shape index (κ1) is 13.9. The van der Waals surface area contributed by atoms with Gasteiger partial charge in [0.05, 0.1) is 5.56 Å². The Labute approximate surface area is 117 Å². The van der Waals surface area contributed by atoms with Gasteiger partial charge in [-0.05, 0) is 43.5 Å². The summed E-state index contributed by atoms with van der Waals surface area (Å²) in [7, 11) is 0. The maximum absolute atomic E-state index is 12.9. The molecule has 0 unspecified atom stereocenters. The molecule has 110 valence electrons. The topological polar surface area (TPSA) is 15.3 Å². The minimum atomic E-state index is -4.27. The SMILES string of the molecule is FC(F)(F)c1ccccc1CN[C@@H]1CN2CCC1CC2. The number of nitrogens with zero attached hydrogens (tertiary/aromatic N) is 1. The van der Waals surface area contributed by atoms with Crippen molar-refractivity contribution in [1.29, 1.82) is 0 Å². The van der Waals surface area contributed by atoms with Crippen LogP contribution in [0.25, 0.3) is 0 Å². The number of benzene rings is 1. The Kier molecular flexibility index (Phi) is 3.73. The number of alkyl halides is 3. The van der Waals surface area contributed by atoms with Gasteiger partial charge in [0.25, 0.3) is 0 Å². The number of hydrogen-bond donors (Lipinski definition) is 1. The molecule has 0 spiro atoms. The maximum Gasteiger partial charge on any atom is 0.416 e. The largest absolute Gasteiger partial charge is 0.416 e. The summed E-state index contributed by atoms with van der Waals surface area (Å²) in [4.78, 5) is 2.40. The highest BCUT2D eigenvalue weighted by Gasteiger charge is 2.35. The van der Waals surface area contributed by atoms with Crippen molar-refractivity contribution in [2.75, 3.05) is 19.6 Å².